The zero-order valence-electron chi connectivity index (χ0n) is 16.9. The van der Waals surface area contributed by atoms with Crippen LogP contribution in [0, 0.1) is 0 Å². The van der Waals surface area contributed by atoms with Crippen molar-refractivity contribution in [1.82, 2.24) is 15.1 Å². The van der Waals surface area contributed by atoms with Crippen LogP contribution in [-0.2, 0) is 0 Å². The van der Waals surface area contributed by atoms with Gasteiger partial charge in [0.05, 0.1) is 5.56 Å². The summed E-state index contributed by atoms with van der Waals surface area (Å²) >= 11 is 0. The zero-order valence-corrected chi connectivity index (χ0v) is 17.8. The van der Waals surface area contributed by atoms with Crippen LogP contribution in [0.15, 0.2) is 30.3 Å². The molecule has 0 atom stereocenters. The van der Waals surface area contributed by atoms with E-state index in [4.69, 9.17) is 0 Å². The molecular weight excluding hydrogens is 392 g/mol. The third-order valence-corrected chi connectivity index (χ3v) is 4.77. The molecule has 4 amide bonds. The van der Waals surface area contributed by atoms with Gasteiger partial charge in [0.25, 0.3) is 11.8 Å². The molecule has 1 aliphatic rings. The van der Waals surface area contributed by atoms with E-state index in [9.17, 15) is 14.4 Å². The Kier molecular flexibility index (Phi) is 7.59. The van der Waals surface area contributed by atoms with Gasteiger partial charge in [-0.05, 0) is 44.1 Å². The Morgan fingerprint density at radius 1 is 1.10 bits per heavy atom. The Balaban J connectivity index is 0.00000300. The normalized spacial score (nSPS) is 12.9. The fourth-order valence-corrected chi connectivity index (χ4v) is 3.29. The lowest BCUT2D eigenvalue weighted by molar-refractivity contribution is 0.0601. The van der Waals surface area contributed by atoms with Gasteiger partial charge in [-0.15, -0.1) is 12.4 Å². The number of nitrogens with zero attached hydrogens (tertiary/aromatic N) is 2. The number of unbranched alkanes of at least 4 members (excludes halogenated alkanes) is 1. The van der Waals surface area contributed by atoms with Crippen LogP contribution >= 0.6 is 12.4 Å². The molecule has 0 saturated heterocycles. The number of halogens is 1. The number of urea groups is 1. The molecule has 1 aliphatic heterocycles. The maximum absolute atomic E-state index is 13.0. The van der Waals surface area contributed by atoms with E-state index < -0.39 is 0 Å². The Morgan fingerprint density at radius 3 is 2.52 bits per heavy atom. The number of benzene rings is 2. The van der Waals surface area contributed by atoms with Gasteiger partial charge in [-0.2, -0.15) is 0 Å². The fourth-order valence-electron chi connectivity index (χ4n) is 3.29. The Bertz CT molecular complexity index is 930. The summed E-state index contributed by atoms with van der Waals surface area (Å²) in [5, 5.41) is 7.00. The largest absolute Gasteiger partial charge is 0.338 e. The van der Waals surface area contributed by atoms with Crippen LogP contribution in [0.5, 0.6) is 0 Å². The lowest BCUT2D eigenvalue weighted by Crippen LogP contribution is -2.43. The van der Waals surface area contributed by atoms with Crippen molar-refractivity contribution in [3.63, 3.8) is 0 Å². The molecule has 0 saturated carbocycles. The highest BCUT2D eigenvalue weighted by molar-refractivity contribution is 6.26. The van der Waals surface area contributed by atoms with Gasteiger partial charge in [0.2, 0.25) is 0 Å². The predicted molar refractivity (Wildman–Crippen MR) is 117 cm³/mol. The third kappa shape index (κ3) is 4.86. The van der Waals surface area contributed by atoms with E-state index in [1.54, 1.807) is 24.3 Å². The standard InChI is InChI=1S/C21H26N4O3.ClH/c1-4-5-9-22-21(28)23-15-12-14-7-6-8-16-18(14)17(13-15)20(27)25(19(16)26)11-10-24(2)3;/h6-8,12-13H,4-5,9-11H2,1-3H3,(H2,22,23,28);1H. The first-order valence-electron chi connectivity index (χ1n) is 9.55. The van der Waals surface area contributed by atoms with Crippen molar-refractivity contribution in [3.8, 4) is 0 Å². The maximum Gasteiger partial charge on any atom is 0.319 e. The first-order chi connectivity index (χ1) is 13.4. The van der Waals surface area contributed by atoms with Crippen LogP contribution in [0.2, 0.25) is 0 Å². The molecule has 3 rings (SSSR count). The van der Waals surface area contributed by atoms with Gasteiger partial charge in [-0.1, -0.05) is 25.5 Å². The zero-order chi connectivity index (χ0) is 20.3. The number of nitrogens with one attached hydrogen (secondary N) is 2. The monoisotopic (exact) mass is 418 g/mol. The minimum Gasteiger partial charge on any atom is -0.338 e. The highest BCUT2D eigenvalue weighted by atomic mass is 35.5. The second kappa shape index (κ2) is 9.71. The van der Waals surface area contributed by atoms with E-state index in [-0.39, 0.29) is 30.3 Å². The van der Waals surface area contributed by atoms with Gasteiger partial charge in [0.15, 0.2) is 0 Å². The lowest BCUT2D eigenvalue weighted by Gasteiger charge is -2.28. The summed E-state index contributed by atoms with van der Waals surface area (Å²) in [5.41, 5.74) is 1.49. The summed E-state index contributed by atoms with van der Waals surface area (Å²) in [6.45, 7) is 3.55. The summed E-state index contributed by atoms with van der Waals surface area (Å²) < 4.78 is 0. The van der Waals surface area contributed by atoms with Crippen LogP contribution in [0.1, 0.15) is 40.5 Å². The fraction of sp³-hybridized carbons (Fsp3) is 0.381. The van der Waals surface area contributed by atoms with E-state index in [0.29, 0.717) is 41.8 Å². The Hall–Kier alpha value is -2.64. The van der Waals surface area contributed by atoms with E-state index in [1.165, 1.54) is 4.90 Å². The molecule has 0 aliphatic carbocycles. The lowest BCUT2D eigenvalue weighted by atomic mass is 9.93. The molecular formula is C21H27ClN4O3. The first-order valence-corrected chi connectivity index (χ1v) is 9.55. The minimum absolute atomic E-state index is 0. The molecule has 0 unspecified atom stereocenters. The van der Waals surface area contributed by atoms with Gasteiger partial charge >= 0.3 is 6.03 Å². The molecule has 0 fully saturated rings. The average Bonchev–Trinajstić information content (AvgIpc) is 2.65. The first kappa shape index (κ1) is 22.6. The number of rotatable bonds is 7. The second-order valence-corrected chi connectivity index (χ2v) is 7.23. The van der Waals surface area contributed by atoms with Gasteiger partial charge in [0, 0.05) is 36.3 Å². The highest BCUT2D eigenvalue weighted by Crippen LogP contribution is 2.32. The maximum atomic E-state index is 13.0. The topological polar surface area (TPSA) is 81.8 Å². The van der Waals surface area contributed by atoms with Crippen molar-refractivity contribution in [2.24, 2.45) is 0 Å². The molecule has 2 aromatic rings. The van der Waals surface area contributed by atoms with Gasteiger partial charge in [-0.3, -0.25) is 14.5 Å². The SMILES string of the molecule is CCCCNC(=O)Nc1cc2c3c(cccc3c1)C(=O)N(CCN(C)C)C2=O.Cl. The van der Waals surface area contributed by atoms with E-state index in [2.05, 4.69) is 17.6 Å². The molecule has 2 aromatic carbocycles. The number of carbonyl (C=O) groups is 3. The van der Waals surface area contributed by atoms with E-state index in [0.717, 1.165) is 18.2 Å². The molecule has 0 bridgehead atoms. The van der Waals surface area contributed by atoms with Crippen LogP contribution in [-0.4, -0.2) is 61.4 Å². The minimum atomic E-state index is -0.328. The van der Waals surface area contributed by atoms with Gasteiger partial charge in [-0.25, -0.2) is 4.79 Å². The van der Waals surface area contributed by atoms with Gasteiger partial charge < -0.3 is 15.5 Å². The third-order valence-electron chi connectivity index (χ3n) is 4.77. The van der Waals surface area contributed by atoms with Crippen LogP contribution in [0.3, 0.4) is 0 Å². The van der Waals surface area contributed by atoms with Crippen LogP contribution in [0.4, 0.5) is 10.5 Å². The molecule has 156 valence electrons. The van der Waals surface area contributed by atoms with Crippen molar-refractivity contribution in [3.05, 3.63) is 41.5 Å². The van der Waals surface area contributed by atoms with Crippen molar-refractivity contribution >= 4 is 46.7 Å². The summed E-state index contributed by atoms with van der Waals surface area (Å²) in [7, 11) is 3.79. The second-order valence-electron chi connectivity index (χ2n) is 7.23. The Labute approximate surface area is 176 Å². The molecule has 7 nitrogen and oxygen atoms in total. The van der Waals surface area contributed by atoms with Crippen LogP contribution in [0.25, 0.3) is 10.8 Å². The van der Waals surface area contributed by atoms with Crippen LogP contribution < -0.4 is 10.6 Å². The average molecular weight is 419 g/mol. The van der Waals surface area contributed by atoms with E-state index in [1.807, 2.05) is 25.1 Å². The number of amides is 4. The summed E-state index contributed by atoms with van der Waals surface area (Å²) in [6, 6.07) is 8.52. The number of hydrogen-bond acceptors (Lipinski definition) is 4. The van der Waals surface area contributed by atoms with Crippen molar-refractivity contribution < 1.29 is 14.4 Å². The molecule has 1 heterocycles. The number of imide groups is 1. The molecule has 8 heteroatoms. The van der Waals surface area contributed by atoms with Crippen molar-refractivity contribution in [1.29, 1.82) is 0 Å². The molecule has 0 spiro atoms. The highest BCUT2D eigenvalue weighted by Gasteiger charge is 2.33. The predicted octanol–water partition coefficient (Wildman–Crippen LogP) is 3.34. The van der Waals surface area contributed by atoms with Crippen molar-refractivity contribution in [2.75, 3.05) is 39.0 Å². The molecule has 2 N–H and O–H groups in total. The Morgan fingerprint density at radius 2 is 1.83 bits per heavy atom. The molecule has 0 aromatic heterocycles. The number of carbonyl (C=O) groups excluding carboxylic acids is 3. The summed E-state index contributed by atoms with van der Waals surface area (Å²) in [5.74, 6) is -0.603. The van der Waals surface area contributed by atoms with Crippen molar-refractivity contribution in [2.45, 2.75) is 19.8 Å². The quantitative estimate of drug-likeness (QED) is 0.533. The molecule has 29 heavy (non-hydrogen) atoms. The number of anilines is 1. The van der Waals surface area contributed by atoms with Gasteiger partial charge in [0.1, 0.15) is 0 Å². The summed E-state index contributed by atoms with van der Waals surface area (Å²) in [6.07, 6.45) is 1.90. The van der Waals surface area contributed by atoms with E-state index >= 15 is 0 Å². The smallest absolute Gasteiger partial charge is 0.319 e. The number of likely N-dealkylation sites (N-methyl/N-ethyl adjacent to an activating group) is 1. The number of hydrogen-bond donors (Lipinski definition) is 2. The molecule has 0 radical (unpaired) electrons. The summed E-state index contributed by atoms with van der Waals surface area (Å²) in [4.78, 5) is 41.2.